The second kappa shape index (κ2) is 5.46. The highest BCUT2D eigenvalue weighted by Crippen LogP contribution is 2.30. The third-order valence-electron chi connectivity index (χ3n) is 2.14. The van der Waals surface area contributed by atoms with Gasteiger partial charge in [0.2, 0.25) is 0 Å². The van der Waals surface area contributed by atoms with Gasteiger partial charge in [-0.25, -0.2) is 4.18 Å². The van der Waals surface area contributed by atoms with Crippen molar-refractivity contribution in [2.24, 2.45) is 0 Å². The first kappa shape index (κ1) is 13.0. The van der Waals surface area contributed by atoms with Gasteiger partial charge >= 0.3 is 6.36 Å². The van der Waals surface area contributed by atoms with E-state index in [-0.39, 0.29) is 0 Å². The van der Waals surface area contributed by atoms with E-state index in [1.165, 1.54) is 0 Å². The minimum atomic E-state index is -4.63. The van der Waals surface area contributed by atoms with E-state index in [9.17, 15) is 13.2 Å². The lowest BCUT2D eigenvalue weighted by Crippen LogP contribution is -2.07. The number of benzene rings is 2. The molecule has 0 spiro atoms. The van der Waals surface area contributed by atoms with E-state index in [0.29, 0.717) is 16.9 Å². The maximum Gasteiger partial charge on any atom is 0.533 e. The predicted molar refractivity (Wildman–Crippen MR) is 63.7 cm³/mol. The van der Waals surface area contributed by atoms with Crippen molar-refractivity contribution in [2.75, 3.05) is 0 Å². The Balaban J connectivity index is 2.07. The van der Waals surface area contributed by atoms with E-state index in [1.807, 2.05) is 12.1 Å². The fourth-order valence-corrected chi connectivity index (χ4v) is 1.82. The molecule has 0 fully saturated rings. The summed E-state index contributed by atoms with van der Waals surface area (Å²) < 4.78 is 39.2. The van der Waals surface area contributed by atoms with Gasteiger partial charge in [0.05, 0.1) is 0 Å². The normalized spacial score (nSPS) is 11.5. The van der Waals surface area contributed by atoms with E-state index in [2.05, 4.69) is 10.2 Å². The van der Waals surface area contributed by atoms with Gasteiger partial charge in [0, 0.05) is 16.9 Å². The van der Waals surface area contributed by atoms with Crippen molar-refractivity contribution >= 4 is 12.0 Å². The van der Waals surface area contributed by atoms with Gasteiger partial charge in [0.25, 0.3) is 0 Å². The first-order valence-corrected chi connectivity index (χ1v) is 5.78. The second-order valence-electron chi connectivity index (χ2n) is 3.43. The Morgan fingerprint density at radius 3 is 2.00 bits per heavy atom. The van der Waals surface area contributed by atoms with Crippen LogP contribution in [0, 0.1) is 6.07 Å². The van der Waals surface area contributed by atoms with Crippen molar-refractivity contribution in [3.63, 3.8) is 0 Å². The fraction of sp³-hybridized carbons (Fsp3) is 0.0769. The summed E-state index contributed by atoms with van der Waals surface area (Å²) in [4.78, 5) is 0.401. The van der Waals surface area contributed by atoms with Gasteiger partial charge in [0.15, 0.2) is 0 Å². The highest BCUT2D eigenvalue weighted by Gasteiger charge is 2.30. The van der Waals surface area contributed by atoms with Crippen molar-refractivity contribution in [3.05, 3.63) is 54.6 Å². The summed E-state index contributed by atoms with van der Waals surface area (Å²) >= 11 is 0.300. The zero-order valence-electron chi connectivity index (χ0n) is 9.07. The number of halogens is 3. The second-order valence-corrected chi connectivity index (χ2v) is 4.23. The standard InChI is InChI=1S/C13H8F3OS/c14-13(15,16)17-18-12-8-6-11(7-9-12)10-4-2-1-3-5-10/h2-9H. The fourth-order valence-electron chi connectivity index (χ4n) is 1.38. The number of alkyl halides is 3. The Bertz CT molecular complexity index is 494. The molecule has 0 amide bonds. The molecule has 93 valence electrons. The van der Waals surface area contributed by atoms with Crippen LogP contribution in [0.15, 0.2) is 53.4 Å². The summed E-state index contributed by atoms with van der Waals surface area (Å²) in [6, 6.07) is 16.9. The van der Waals surface area contributed by atoms with E-state index < -0.39 is 6.36 Å². The van der Waals surface area contributed by atoms with Crippen LogP contribution < -0.4 is 0 Å². The van der Waals surface area contributed by atoms with E-state index in [0.717, 1.165) is 11.1 Å². The van der Waals surface area contributed by atoms with Crippen molar-refractivity contribution in [1.29, 1.82) is 0 Å². The molecule has 1 nitrogen and oxygen atoms in total. The average molecular weight is 269 g/mol. The molecule has 0 aromatic heterocycles. The number of hydrogen-bond donors (Lipinski definition) is 0. The Labute approximate surface area is 107 Å². The molecule has 0 aliphatic heterocycles. The molecule has 0 bridgehead atoms. The summed E-state index contributed by atoms with van der Waals surface area (Å²) in [6.45, 7) is 0. The Morgan fingerprint density at radius 1 is 0.889 bits per heavy atom. The molecule has 18 heavy (non-hydrogen) atoms. The van der Waals surface area contributed by atoms with Crippen molar-refractivity contribution in [2.45, 2.75) is 11.3 Å². The largest absolute Gasteiger partial charge is 0.533 e. The van der Waals surface area contributed by atoms with Crippen LogP contribution in [0.2, 0.25) is 0 Å². The van der Waals surface area contributed by atoms with Gasteiger partial charge in [-0.2, -0.15) is 0 Å². The quantitative estimate of drug-likeness (QED) is 0.747. The van der Waals surface area contributed by atoms with Crippen molar-refractivity contribution in [1.82, 2.24) is 0 Å². The molecular formula is C13H8F3OS. The van der Waals surface area contributed by atoms with Gasteiger partial charge in [0.1, 0.15) is 0 Å². The van der Waals surface area contributed by atoms with Crippen LogP contribution in [0.3, 0.4) is 0 Å². The molecule has 0 aliphatic carbocycles. The third-order valence-corrected chi connectivity index (χ3v) is 2.88. The van der Waals surface area contributed by atoms with Crippen molar-refractivity contribution in [3.8, 4) is 11.1 Å². The first-order chi connectivity index (χ1) is 8.54. The van der Waals surface area contributed by atoms with Gasteiger partial charge in [-0.05, 0) is 29.3 Å². The molecule has 1 radical (unpaired) electrons. The molecule has 0 unspecified atom stereocenters. The average Bonchev–Trinajstić information content (AvgIpc) is 2.37. The lowest BCUT2D eigenvalue weighted by Gasteiger charge is -2.06. The minimum absolute atomic E-state index is 0.300. The Kier molecular flexibility index (Phi) is 3.93. The summed E-state index contributed by atoms with van der Waals surface area (Å²) in [5.74, 6) is 0. The van der Waals surface area contributed by atoms with Crippen LogP contribution in [0.25, 0.3) is 11.1 Å². The van der Waals surface area contributed by atoms with Crippen LogP contribution in [0.4, 0.5) is 13.2 Å². The molecule has 0 saturated heterocycles. The maximum absolute atomic E-state index is 11.8. The topological polar surface area (TPSA) is 9.23 Å². The highest BCUT2D eigenvalue weighted by atomic mass is 32.2. The molecule has 2 rings (SSSR count). The minimum Gasteiger partial charge on any atom is -0.215 e. The molecule has 2 aromatic carbocycles. The number of rotatable bonds is 3. The lowest BCUT2D eigenvalue weighted by molar-refractivity contribution is -0.266. The van der Waals surface area contributed by atoms with Gasteiger partial charge < -0.3 is 0 Å². The third kappa shape index (κ3) is 3.78. The maximum atomic E-state index is 11.8. The Morgan fingerprint density at radius 2 is 1.44 bits per heavy atom. The smallest absolute Gasteiger partial charge is 0.215 e. The summed E-state index contributed by atoms with van der Waals surface area (Å²) in [5, 5.41) is 0. The van der Waals surface area contributed by atoms with Gasteiger partial charge in [-0.15, -0.1) is 13.2 Å². The molecule has 5 heteroatoms. The molecule has 0 saturated carbocycles. The van der Waals surface area contributed by atoms with E-state index in [1.54, 1.807) is 36.4 Å². The Hall–Kier alpha value is -1.46. The molecule has 0 aliphatic rings. The molecule has 2 aromatic rings. The summed E-state index contributed by atoms with van der Waals surface area (Å²) in [5.41, 5.74) is 1.92. The zero-order valence-corrected chi connectivity index (χ0v) is 9.89. The monoisotopic (exact) mass is 269 g/mol. The van der Waals surface area contributed by atoms with Crippen LogP contribution >= 0.6 is 12.0 Å². The van der Waals surface area contributed by atoms with Crippen LogP contribution in [0.1, 0.15) is 0 Å². The van der Waals surface area contributed by atoms with Crippen LogP contribution in [-0.2, 0) is 4.18 Å². The molecular weight excluding hydrogens is 261 g/mol. The van der Waals surface area contributed by atoms with Crippen LogP contribution in [-0.4, -0.2) is 6.36 Å². The molecule has 0 atom stereocenters. The number of hydrogen-bond acceptors (Lipinski definition) is 2. The summed E-state index contributed by atoms with van der Waals surface area (Å²) in [6.07, 6.45) is -4.63. The SMILES string of the molecule is FC(F)(F)OSc1ccc(-c2cc[c]cc2)cc1. The highest BCUT2D eigenvalue weighted by molar-refractivity contribution is 7.94. The molecule has 0 N–H and O–H groups in total. The van der Waals surface area contributed by atoms with Gasteiger partial charge in [-0.1, -0.05) is 36.4 Å². The van der Waals surface area contributed by atoms with Crippen molar-refractivity contribution < 1.29 is 17.4 Å². The lowest BCUT2D eigenvalue weighted by atomic mass is 10.1. The summed E-state index contributed by atoms with van der Waals surface area (Å²) in [7, 11) is 0. The zero-order chi connectivity index (χ0) is 13.0. The van der Waals surface area contributed by atoms with Crippen LogP contribution in [0.5, 0.6) is 0 Å². The van der Waals surface area contributed by atoms with Gasteiger partial charge in [-0.3, -0.25) is 0 Å². The molecule has 0 heterocycles. The predicted octanol–water partition coefficient (Wildman–Crippen LogP) is 4.70. The van der Waals surface area contributed by atoms with E-state index in [4.69, 9.17) is 0 Å². The van der Waals surface area contributed by atoms with E-state index >= 15 is 0 Å². The first-order valence-electron chi connectivity index (χ1n) is 5.03.